The van der Waals surface area contributed by atoms with Crippen LogP contribution < -0.4 is 10.1 Å². The highest BCUT2D eigenvalue weighted by atomic mass is 32.2. The van der Waals surface area contributed by atoms with Gasteiger partial charge in [-0.1, -0.05) is 18.2 Å². The van der Waals surface area contributed by atoms with Crippen LogP contribution in [0.2, 0.25) is 0 Å². The van der Waals surface area contributed by atoms with Gasteiger partial charge in [0.1, 0.15) is 5.75 Å². The molecule has 0 aliphatic rings. The summed E-state index contributed by atoms with van der Waals surface area (Å²) in [5.74, 6) is 2.03. The minimum Gasteiger partial charge on any atom is -0.492 e. The summed E-state index contributed by atoms with van der Waals surface area (Å²) in [4.78, 5) is 13.2. The highest BCUT2D eigenvalue weighted by Gasteiger charge is 2.07. The lowest BCUT2D eigenvalue weighted by Gasteiger charge is -2.10. The molecule has 2 rings (SSSR count). The van der Waals surface area contributed by atoms with Gasteiger partial charge in [-0.15, -0.1) is 23.1 Å². The van der Waals surface area contributed by atoms with Crippen LogP contribution in [0.5, 0.6) is 5.75 Å². The first kappa shape index (κ1) is 14.9. The van der Waals surface area contributed by atoms with Crippen LogP contribution in [0.25, 0.3) is 0 Å². The molecule has 1 heterocycles. The number of nitrogens with one attached hydrogen (secondary N) is 1. The second-order valence-corrected chi connectivity index (χ2v) is 6.07. The molecule has 0 fully saturated rings. The minimum atomic E-state index is -0.00120. The van der Waals surface area contributed by atoms with Crippen molar-refractivity contribution in [2.45, 2.75) is 12.7 Å². The maximum atomic E-state index is 11.9. The molecule has 0 spiro atoms. The van der Waals surface area contributed by atoms with Crippen molar-refractivity contribution < 1.29 is 9.53 Å². The molecule has 0 atom stereocenters. The van der Waals surface area contributed by atoms with Gasteiger partial charge in [-0.3, -0.25) is 4.79 Å². The van der Waals surface area contributed by atoms with Crippen molar-refractivity contribution >= 4 is 34.7 Å². The lowest BCUT2D eigenvalue weighted by atomic mass is 10.3. The quantitative estimate of drug-likeness (QED) is 0.839. The predicted molar refractivity (Wildman–Crippen MR) is 86.7 cm³/mol. The van der Waals surface area contributed by atoms with Crippen LogP contribution in [-0.2, 0) is 10.5 Å². The van der Waals surface area contributed by atoms with E-state index in [1.165, 1.54) is 4.88 Å². The largest absolute Gasteiger partial charge is 0.492 e. The van der Waals surface area contributed by atoms with Crippen LogP contribution in [0.1, 0.15) is 11.8 Å². The summed E-state index contributed by atoms with van der Waals surface area (Å²) in [6, 6.07) is 11.6. The fraction of sp³-hybridized carbons (Fsp3) is 0.267. The van der Waals surface area contributed by atoms with E-state index in [0.717, 1.165) is 11.4 Å². The average molecular weight is 307 g/mol. The number of para-hydroxylation sites is 2. The highest BCUT2D eigenvalue weighted by molar-refractivity contribution is 7.99. The zero-order valence-electron chi connectivity index (χ0n) is 11.3. The van der Waals surface area contributed by atoms with Crippen molar-refractivity contribution in [3.05, 3.63) is 46.7 Å². The number of rotatable bonds is 7. The number of hydrogen-bond acceptors (Lipinski definition) is 4. The van der Waals surface area contributed by atoms with Gasteiger partial charge in [0.05, 0.1) is 18.0 Å². The standard InChI is InChI=1S/C15H17NO2S2/c1-2-18-14-8-4-3-7-13(14)16-15(17)11-19-10-12-6-5-9-20-12/h3-9H,2,10-11H2,1H3,(H,16,17). The molecular formula is C15H17NO2S2. The van der Waals surface area contributed by atoms with Gasteiger partial charge >= 0.3 is 0 Å². The Hall–Kier alpha value is -1.46. The van der Waals surface area contributed by atoms with E-state index in [4.69, 9.17) is 4.74 Å². The highest BCUT2D eigenvalue weighted by Crippen LogP contribution is 2.24. The van der Waals surface area contributed by atoms with E-state index in [-0.39, 0.29) is 5.91 Å². The van der Waals surface area contributed by atoms with Gasteiger partial charge < -0.3 is 10.1 Å². The fourth-order valence-electron chi connectivity index (χ4n) is 1.68. The fourth-order valence-corrected chi connectivity index (χ4v) is 3.34. The second-order valence-electron chi connectivity index (χ2n) is 4.05. The van der Waals surface area contributed by atoms with Crippen molar-refractivity contribution in [2.75, 3.05) is 17.7 Å². The zero-order chi connectivity index (χ0) is 14.2. The van der Waals surface area contributed by atoms with E-state index >= 15 is 0 Å². The Labute approximate surface area is 127 Å². The molecule has 0 radical (unpaired) electrons. The molecule has 0 unspecified atom stereocenters. The lowest BCUT2D eigenvalue weighted by molar-refractivity contribution is -0.113. The molecule has 106 valence electrons. The Kier molecular flexibility index (Phi) is 5.95. The van der Waals surface area contributed by atoms with Crippen LogP contribution in [-0.4, -0.2) is 18.3 Å². The number of hydrogen-bond donors (Lipinski definition) is 1. The number of carbonyl (C=O) groups excluding carboxylic acids is 1. The van der Waals surface area contributed by atoms with E-state index in [2.05, 4.69) is 11.4 Å². The van der Waals surface area contributed by atoms with Crippen molar-refractivity contribution in [3.8, 4) is 5.75 Å². The Bertz CT molecular complexity index is 541. The summed E-state index contributed by atoms with van der Waals surface area (Å²) in [5.41, 5.74) is 0.732. The first-order chi connectivity index (χ1) is 9.79. The van der Waals surface area contributed by atoms with Crippen LogP contribution in [0, 0.1) is 0 Å². The van der Waals surface area contributed by atoms with Crippen LogP contribution in [0.4, 0.5) is 5.69 Å². The molecule has 0 saturated heterocycles. The third-order valence-electron chi connectivity index (χ3n) is 2.52. The molecule has 5 heteroatoms. The molecule has 3 nitrogen and oxygen atoms in total. The van der Waals surface area contributed by atoms with Gasteiger partial charge in [0.2, 0.25) is 5.91 Å². The van der Waals surface area contributed by atoms with Crippen molar-refractivity contribution in [2.24, 2.45) is 0 Å². The number of benzene rings is 1. The molecule has 20 heavy (non-hydrogen) atoms. The molecule has 0 aliphatic carbocycles. The van der Waals surface area contributed by atoms with Gasteiger partial charge in [0, 0.05) is 10.6 Å². The van der Waals surface area contributed by atoms with Gasteiger partial charge in [-0.2, -0.15) is 0 Å². The van der Waals surface area contributed by atoms with Gasteiger partial charge in [-0.25, -0.2) is 0 Å². The summed E-state index contributed by atoms with van der Waals surface area (Å²) in [6.07, 6.45) is 0. The second kappa shape index (κ2) is 7.97. The number of thiophene rings is 1. The summed E-state index contributed by atoms with van der Waals surface area (Å²) in [7, 11) is 0. The SMILES string of the molecule is CCOc1ccccc1NC(=O)CSCc1cccs1. The Balaban J connectivity index is 1.82. The van der Waals surface area contributed by atoms with E-state index in [9.17, 15) is 4.79 Å². The van der Waals surface area contributed by atoms with Crippen molar-refractivity contribution in [3.63, 3.8) is 0 Å². The summed E-state index contributed by atoms with van der Waals surface area (Å²) < 4.78 is 5.48. The van der Waals surface area contributed by atoms with Crippen LogP contribution >= 0.6 is 23.1 Å². The maximum absolute atomic E-state index is 11.9. The number of anilines is 1. The van der Waals surface area contributed by atoms with Crippen LogP contribution in [0.3, 0.4) is 0 Å². The Morgan fingerprint density at radius 3 is 2.90 bits per heavy atom. The average Bonchev–Trinajstić information content (AvgIpc) is 2.94. The van der Waals surface area contributed by atoms with E-state index in [1.54, 1.807) is 23.1 Å². The first-order valence-electron chi connectivity index (χ1n) is 6.41. The molecule has 0 saturated carbocycles. The maximum Gasteiger partial charge on any atom is 0.234 e. The normalized spacial score (nSPS) is 10.2. The zero-order valence-corrected chi connectivity index (χ0v) is 12.9. The van der Waals surface area contributed by atoms with E-state index in [0.29, 0.717) is 18.1 Å². The molecule has 1 aromatic carbocycles. The van der Waals surface area contributed by atoms with E-state index in [1.807, 2.05) is 42.6 Å². The third kappa shape index (κ3) is 4.58. The van der Waals surface area contributed by atoms with E-state index < -0.39 is 0 Å². The molecule has 0 bridgehead atoms. The Morgan fingerprint density at radius 2 is 2.15 bits per heavy atom. The van der Waals surface area contributed by atoms with Crippen LogP contribution in [0.15, 0.2) is 41.8 Å². The first-order valence-corrected chi connectivity index (χ1v) is 8.45. The monoisotopic (exact) mass is 307 g/mol. The molecule has 0 aliphatic heterocycles. The Morgan fingerprint density at radius 1 is 1.30 bits per heavy atom. The smallest absolute Gasteiger partial charge is 0.234 e. The summed E-state index contributed by atoms with van der Waals surface area (Å²) in [6.45, 7) is 2.51. The third-order valence-corrected chi connectivity index (χ3v) is 4.56. The summed E-state index contributed by atoms with van der Waals surface area (Å²) >= 11 is 3.33. The minimum absolute atomic E-state index is 0.00120. The predicted octanol–water partition coefficient (Wildman–Crippen LogP) is 4.02. The molecule has 1 amide bonds. The topological polar surface area (TPSA) is 38.3 Å². The van der Waals surface area contributed by atoms with Crippen molar-refractivity contribution in [1.29, 1.82) is 0 Å². The molecule has 1 aromatic heterocycles. The van der Waals surface area contributed by atoms with Gasteiger partial charge in [-0.05, 0) is 30.5 Å². The van der Waals surface area contributed by atoms with Crippen molar-refractivity contribution in [1.82, 2.24) is 0 Å². The number of ether oxygens (including phenoxy) is 1. The lowest BCUT2D eigenvalue weighted by Crippen LogP contribution is -2.15. The number of amides is 1. The van der Waals surface area contributed by atoms with Gasteiger partial charge in [0.15, 0.2) is 0 Å². The molecule has 1 N–H and O–H groups in total. The number of thioether (sulfide) groups is 1. The molecular weight excluding hydrogens is 290 g/mol. The number of carbonyl (C=O) groups is 1. The summed E-state index contributed by atoms with van der Waals surface area (Å²) in [5, 5.41) is 4.94. The molecule has 2 aromatic rings. The van der Waals surface area contributed by atoms with Gasteiger partial charge in [0.25, 0.3) is 0 Å².